The van der Waals surface area contributed by atoms with Gasteiger partial charge < -0.3 is 0 Å². The molecule has 0 aliphatic heterocycles. The van der Waals surface area contributed by atoms with Crippen LogP contribution in [0.15, 0.2) is 18.2 Å². The average Bonchev–Trinajstić information content (AvgIpc) is 2.14. The zero-order chi connectivity index (χ0) is 10.7. The first-order valence-corrected chi connectivity index (χ1v) is 3.83. The van der Waals surface area contributed by atoms with Crippen molar-refractivity contribution in [2.45, 2.75) is 0 Å². The fourth-order valence-corrected chi connectivity index (χ4v) is 0.942. The van der Waals surface area contributed by atoms with Gasteiger partial charge in [0.2, 0.25) is 0 Å². The van der Waals surface area contributed by atoms with Crippen LogP contribution in [-0.4, -0.2) is 25.1 Å². The lowest BCUT2D eigenvalue weighted by molar-refractivity contribution is -0.0757. The molecule has 76 valence electrons. The highest BCUT2D eigenvalue weighted by atomic mass is 19.1. The van der Waals surface area contributed by atoms with Gasteiger partial charge >= 0.3 is 0 Å². The highest BCUT2D eigenvalue weighted by molar-refractivity contribution is 5.93. The Morgan fingerprint density at radius 2 is 1.79 bits per heavy atom. The Balaban J connectivity index is 3.01. The third-order valence-corrected chi connectivity index (χ3v) is 1.67. The molecule has 0 radical (unpaired) electrons. The van der Waals surface area contributed by atoms with Crippen molar-refractivity contribution in [1.82, 2.24) is 5.06 Å². The van der Waals surface area contributed by atoms with Crippen LogP contribution in [0.1, 0.15) is 10.4 Å². The van der Waals surface area contributed by atoms with E-state index in [0.717, 1.165) is 17.2 Å². The van der Waals surface area contributed by atoms with Crippen LogP contribution < -0.4 is 0 Å². The molecule has 0 spiro atoms. The predicted octanol–water partition coefficient (Wildman–Crippen LogP) is 1.60. The summed E-state index contributed by atoms with van der Waals surface area (Å²) in [5, 5.41) is 0.883. The molecule has 1 aromatic rings. The van der Waals surface area contributed by atoms with Gasteiger partial charge in [-0.2, -0.15) is 0 Å². The molecule has 0 atom stereocenters. The number of amides is 1. The van der Waals surface area contributed by atoms with Crippen LogP contribution in [0.2, 0.25) is 0 Å². The Morgan fingerprint density at radius 3 is 2.21 bits per heavy atom. The summed E-state index contributed by atoms with van der Waals surface area (Å²) in [6.07, 6.45) is 0. The van der Waals surface area contributed by atoms with Crippen molar-refractivity contribution in [2.75, 3.05) is 14.2 Å². The minimum atomic E-state index is -0.794. The zero-order valence-electron chi connectivity index (χ0n) is 7.75. The molecule has 0 N–H and O–H groups in total. The van der Waals surface area contributed by atoms with Gasteiger partial charge in [-0.3, -0.25) is 9.63 Å². The van der Waals surface area contributed by atoms with Gasteiger partial charge in [0.05, 0.1) is 7.11 Å². The maximum absolute atomic E-state index is 12.7. The van der Waals surface area contributed by atoms with Crippen LogP contribution >= 0.6 is 0 Å². The minimum Gasteiger partial charge on any atom is -0.274 e. The van der Waals surface area contributed by atoms with Crippen LogP contribution in [-0.2, 0) is 4.84 Å². The summed E-state index contributed by atoms with van der Waals surface area (Å²) in [7, 11) is 2.64. The Morgan fingerprint density at radius 1 is 1.29 bits per heavy atom. The summed E-state index contributed by atoms with van der Waals surface area (Å²) in [6.45, 7) is 0. The van der Waals surface area contributed by atoms with E-state index in [1.165, 1.54) is 14.2 Å². The Hall–Kier alpha value is -1.49. The number of rotatable bonds is 2. The molecule has 0 saturated carbocycles. The number of hydrogen-bond donors (Lipinski definition) is 0. The van der Waals surface area contributed by atoms with E-state index in [9.17, 15) is 13.6 Å². The first-order chi connectivity index (χ1) is 6.54. The lowest BCUT2D eigenvalue weighted by Crippen LogP contribution is -2.25. The fraction of sp³-hybridized carbons (Fsp3) is 0.222. The molecule has 14 heavy (non-hydrogen) atoms. The van der Waals surface area contributed by atoms with Crippen molar-refractivity contribution in [2.24, 2.45) is 0 Å². The molecule has 1 amide bonds. The second kappa shape index (κ2) is 4.15. The molecule has 0 saturated heterocycles. The highest BCUT2D eigenvalue weighted by Gasteiger charge is 2.13. The normalized spacial score (nSPS) is 10.0. The van der Waals surface area contributed by atoms with Crippen LogP contribution in [0.3, 0.4) is 0 Å². The first kappa shape index (κ1) is 10.6. The number of halogens is 2. The van der Waals surface area contributed by atoms with E-state index in [-0.39, 0.29) is 5.56 Å². The molecular formula is C9H9F2NO2. The average molecular weight is 201 g/mol. The number of carbonyl (C=O) groups excluding carboxylic acids is 1. The second-order valence-corrected chi connectivity index (χ2v) is 2.64. The Labute approximate surface area is 79.8 Å². The van der Waals surface area contributed by atoms with Crippen LogP contribution in [0, 0.1) is 11.6 Å². The summed E-state index contributed by atoms with van der Waals surface area (Å²) >= 11 is 0. The molecule has 1 rings (SSSR count). The standard InChI is InChI=1S/C9H9F2NO2/c1-12(14-2)9(13)6-3-7(10)5-8(11)4-6/h3-5H,1-2H3. The number of carbonyl (C=O) groups is 1. The van der Waals surface area contributed by atoms with Gasteiger partial charge in [0, 0.05) is 18.7 Å². The third-order valence-electron chi connectivity index (χ3n) is 1.67. The smallest absolute Gasteiger partial charge is 0.274 e. The van der Waals surface area contributed by atoms with Crippen molar-refractivity contribution >= 4 is 5.91 Å². The quantitative estimate of drug-likeness (QED) is 0.680. The van der Waals surface area contributed by atoms with Gasteiger partial charge in [0.1, 0.15) is 11.6 Å². The van der Waals surface area contributed by atoms with E-state index >= 15 is 0 Å². The number of nitrogens with zero attached hydrogens (tertiary/aromatic N) is 1. The second-order valence-electron chi connectivity index (χ2n) is 2.64. The van der Waals surface area contributed by atoms with E-state index in [2.05, 4.69) is 4.84 Å². The number of hydroxylamine groups is 2. The number of benzene rings is 1. The lowest BCUT2D eigenvalue weighted by atomic mass is 10.2. The molecule has 5 heteroatoms. The summed E-state index contributed by atoms with van der Waals surface area (Å²) in [5.41, 5.74) is -0.0909. The third kappa shape index (κ3) is 2.26. The molecular weight excluding hydrogens is 192 g/mol. The summed E-state index contributed by atoms with van der Waals surface area (Å²) in [4.78, 5) is 15.9. The largest absolute Gasteiger partial charge is 0.277 e. The van der Waals surface area contributed by atoms with Gasteiger partial charge in [-0.1, -0.05) is 0 Å². The highest BCUT2D eigenvalue weighted by Crippen LogP contribution is 2.09. The van der Waals surface area contributed by atoms with E-state index in [0.29, 0.717) is 6.07 Å². The van der Waals surface area contributed by atoms with E-state index in [1.807, 2.05) is 0 Å². The molecule has 0 bridgehead atoms. The molecule has 0 unspecified atom stereocenters. The van der Waals surface area contributed by atoms with Gasteiger partial charge in [-0.15, -0.1) is 0 Å². The van der Waals surface area contributed by atoms with E-state index in [4.69, 9.17) is 0 Å². The van der Waals surface area contributed by atoms with Gasteiger partial charge in [0.25, 0.3) is 5.91 Å². The predicted molar refractivity (Wildman–Crippen MR) is 45.5 cm³/mol. The molecule has 0 aromatic heterocycles. The molecule has 3 nitrogen and oxygen atoms in total. The fourth-order valence-electron chi connectivity index (χ4n) is 0.942. The van der Waals surface area contributed by atoms with E-state index < -0.39 is 17.5 Å². The molecule has 1 aromatic carbocycles. The molecule has 0 aliphatic rings. The minimum absolute atomic E-state index is 0.0909. The SMILES string of the molecule is CON(C)C(=O)c1cc(F)cc(F)c1. The maximum atomic E-state index is 12.7. The van der Waals surface area contributed by atoms with Crippen molar-refractivity contribution < 1.29 is 18.4 Å². The van der Waals surface area contributed by atoms with E-state index in [1.54, 1.807) is 0 Å². The summed E-state index contributed by atoms with van der Waals surface area (Å²) in [5.74, 6) is -2.19. The summed E-state index contributed by atoms with van der Waals surface area (Å²) in [6, 6.07) is 2.59. The molecule has 0 heterocycles. The van der Waals surface area contributed by atoms with Crippen LogP contribution in [0.4, 0.5) is 8.78 Å². The molecule has 0 fully saturated rings. The van der Waals surface area contributed by atoms with Crippen molar-refractivity contribution in [3.05, 3.63) is 35.4 Å². The van der Waals surface area contributed by atoms with Gasteiger partial charge in [0.15, 0.2) is 0 Å². The number of hydrogen-bond acceptors (Lipinski definition) is 2. The van der Waals surface area contributed by atoms with Gasteiger partial charge in [-0.05, 0) is 12.1 Å². The Bertz CT molecular complexity index is 334. The van der Waals surface area contributed by atoms with Crippen molar-refractivity contribution in [3.8, 4) is 0 Å². The zero-order valence-corrected chi connectivity index (χ0v) is 7.75. The topological polar surface area (TPSA) is 29.5 Å². The Kier molecular flexibility index (Phi) is 3.14. The maximum Gasteiger partial charge on any atom is 0.277 e. The monoisotopic (exact) mass is 201 g/mol. The lowest BCUT2D eigenvalue weighted by Gasteiger charge is -2.13. The molecule has 0 aliphatic carbocycles. The van der Waals surface area contributed by atoms with Crippen molar-refractivity contribution in [3.63, 3.8) is 0 Å². The van der Waals surface area contributed by atoms with Crippen LogP contribution in [0.5, 0.6) is 0 Å². The summed E-state index contributed by atoms with van der Waals surface area (Å²) < 4.78 is 25.4. The van der Waals surface area contributed by atoms with Crippen LogP contribution in [0.25, 0.3) is 0 Å². The van der Waals surface area contributed by atoms with Crippen molar-refractivity contribution in [1.29, 1.82) is 0 Å². The first-order valence-electron chi connectivity index (χ1n) is 3.83. The van der Waals surface area contributed by atoms with Gasteiger partial charge in [-0.25, -0.2) is 13.8 Å².